The minimum Gasteiger partial charge on any atom is -0.381 e. The average molecular weight is 376 g/mol. The van der Waals surface area contributed by atoms with E-state index in [4.69, 9.17) is 0 Å². The summed E-state index contributed by atoms with van der Waals surface area (Å²) >= 11 is 0. The monoisotopic (exact) mass is 375 g/mol. The molecule has 0 radical (unpaired) electrons. The van der Waals surface area contributed by atoms with Crippen LogP contribution in [0.5, 0.6) is 0 Å². The summed E-state index contributed by atoms with van der Waals surface area (Å²) in [5.41, 5.74) is 6.30. The molecule has 2 heterocycles. The van der Waals surface area contributed by atoms with Crippen LogP contribution in [-0.4, -0.2) is 18.1 Å². The van der Waals surface area contributed by atoms with Crippen molar-refractivity contribution in [3.63, 3.8) is 0 Å². The highest BCUT2D eigenvalue weighted by Gasteiger charge is 2.15. The van der Waals surface area contributed by atoms with Crippen LogP contribution in [0.25, 0.3) is 10.9 Å². The predicted octanol–water partition coefficient (Wildman–Crippen LogP) is 4.99. The predicted molar refractivity (Wildman–Crippen MR) is 118 cm³/mol. The third-order valence-corrected chi connectivity index (χ3v) is 5.87. The number of anilines is 2. The highest BCUT2D eigenvalue weighted by molar-refractivity contribution is 5.82. The molecule has 146 valence electrons. The fourth-order valence-corrected chi connectivity index (χ4v) is 4.12. The highest BCUT2D eigenvalue weighted by Crippen LogP contribution is 2.24. The Morgan fingerprint density at radius 3 is 2.50 bits per heavy atom. The zero-order chi connectivity index (χ0) is 19.7. The molecule has 1 saturated heterocycles. The van der Waals surface area contributed by atoms with E-state index in [1.165, 1.54) is 24.1 Å². The van der Waals surface area contributed by atoms with Gasteiger partial charge in [0.1, 0.15) is 0 Å². The summed E-state index contributed by atoms with van der Waals surface area (Å²) in [6.07, 6.45) is 2.54. The van der Waals surface area contributed by atoms with Crippen LogP contribution in [0.2, 0.25) is 0 Å². The number of H-pyrrole nitrogens is 1. The number of nitrogens with zero attached hydrogens (tertiary/aromatic N) is 1. The molecule has 1 aliphatic heterocycles. The van der Waals surface area contributed by atoms with Gasteiger partial charge in [0.25, 0.3) is 5.56 Å². The molecule has 4 heteroatoms. The van der Waals surface area contributed by atoms with Gasteiger partial charge in [-0.15, -0.1) is 0 Å². The van der Waals surface area contributed by atoms with E-state index >= 15 is 0 Å². The summed E-state index contributed by atoms with van der Waals surface area (Å²) in [5, 5.41) is 4.48. The van der Waals surface area contributed by atoms with Crippen molar-refractivity contribution in [2.75, 3.05) is 23.3 Å². The third kappa shape index (κ3) is 3.91. The lowest BCUT2D eigenvalue weighted by Crippen LogP contribution is -2.32. The second kappa shape index (κ2) is 7.70. The zero-order valence-electron chi connectivity index (χ0n) is 17.0. The van der Waals surface area contributed by atoms with Crippen molar-refractivity contribution >= 4 is 22.3 Å². The van der Waals surface area contributed by atoms with Crippen molar-refractivity contribution < 1.29 is 0 Å². The molecule has 1 aliphatic rings. The molecule has 3 aromatic rings. The minimum absolute atomic E-state index is 0.0222. The first-order valence-electron chi connectivity index (χ1n) is 10.2. The molecule has 0 amide bonds. The molecule has 0 unspecified atom stereocenters. The average Bonchev–Trinajstić information content (AvgIpc) is 2.68. The molecule has 2 aromatic carbocycles. The second-order valence-electron chi connectivity index (χ2n) is 8.24. The van der Waals surface area contributed by atoms with Crippen molar-refractivity contribution in [1.29, 1.82) is 0 Å². The van der Waals surface area contributed by atoms with Crippen LogP contribution in [0.15, 0.2) is 47.3 Å². The lowest BCUT2D eigenvalue weighted by molar-refractivity contribution is 0.438. The first-order chi connectivity index (χ1) is 13.5. The summed E-state index contributed by atoms with van der Waals surface area (Å²) in [6, 6.07) is 14.8. The Labute approximate surface area is 166 Å². The van der Waals surface area contributed by atoms with Crippen LogP contribution < -0.4 is 15.8 Å². The fraction of sp³-hybridized carbons (Fsp3) is 0.375. The molecule has 28 heavy (non-hydrogen) atoms. The normalized spacial score (nSPS) is 15.2. The van der Waals surface area contributed by atoms with E-state index in [0.29, 0.717) is 6.54 Å². The lowest BCUT2D eigenvalue weighted by atomic mass is 9.99. The lowest BCUT2D eigenvalue weighted by Gasteiger charge is -2.32. The molecule has 0 saturated carbocycles. The van der Waals surface area contributed by atoms with Crippen LogP contribution in [0.3, 0.4) is 0 Å². The van der Waals surface area contributed by atoms with Crippen LogP contribution in [0.1, 0.15) is 36.5 Å². The summed E-state index contributed by atoms with van der Waals surface area (Å²) in [6.45, 7) is 9.24. The molecule has 2 N–H and O–H groups in total. The van der Waals surface area contributed by atoms with Gasteiger partial charge in [0.05, 0.1) is 5.52 Å². The summed E-state index contributed by atoms with van der Waals surface area (Å²) < 4.78 is 0. The van der Waals surface area contributed by atoms with Crippen molar-refractivity contribution in [2.45, 2.75) is 40.2 Å². The van der Waals surface area contributed by atoms with Gasteiger partial charge in [-0.05, 0) is 80.0 Å². The summed E-state index contributed by atoms with van der Waals surface area (Å²) in [5.74, 6) is 0.838. The Hall–Kier alpha value is -2.75. The number of aromatic nitrogens is 1. The second-order valence-corrected chi connectivity index (χ2v) is 8.24. The maximum Gasteiger partial charge on any atom is 0.253 e. The molecule has 0 atom stereocenters. The van der Waals surface area contributed by atoms with Gasteiger partial charge in [-0.2, -0.15) is 0 Å². The van der Waals surface area contributed by atoms with E-state index in [1.54, 1.807) is 0 Å². The van der Waals surface area contributed by atoms with Crippen LogP contribution >= 0.6 is 0 Å². The third-order valence-electron chi connectivity index (χ3n) is 5.87. The SMILES string of the molecule is Cc1cc(C)c2[nH]c(=O)c(CNc3ccc(N4CCC(C)CC4)cc3)cc2c1. The molecule has 0 spiro atoms. The van der Waals surface area contributed by atoms with Crippen LogP contribution in [0.4, 0.5) is 11.4 Å². The van der Waals surface area contributed by atoms with E-state index in [1.807, 2.05) is 13.0 Å². The van der Waals surface area contributed by atoms with Gasteiger partial charge in [-0.3, -0.25) is 4.79 Å². The van der Waals surface area contributed by atoms with Crippen molar-refractivity contribution in [1.82, 2.24) is 4.98 Å². The largest absolute Gasteiger partial charge is 0.381 e. The first-order valence-corrected chi connectivity index (χ1v) is 10.2. The van der Waals surface area contributed by atoms with E-state index < -0.39 is 0 Å². The molecule has 4 rings (SSSR count). The smallest absolute Gasteiger partial charge is 0.253 e. The van der Waals surface area contributed by atoms with Gasteiger partial charge < -0.3 is 15.2 Å². The quantitative estimate of drug-likeness (QED) is 0.675. The van der Waals surface area contributed by atoms with Gasteiger partial charge in [-0.25, -0.2) is 0 Å². The minimum atomic E-state index is -0.0222. The molecular weight excluding hydrogens is 346 g/mol. The molecule has 1 fully saturated rings. The van der Waals surface area contributed by atoms with E-state index in [9.17, 15) is 4.79 Å². The number of pyridine rings is 1. The summed E-state index contributed by atoms with van der Waals surface area (Å²) in [4.78, 5) is 18.0. The van der Waals surface area contributed by atoms with Crippen molar-refractivity contribution in [3.05, 3.63) is 69.5 Å². The number of nitrogens with one attached hydrogen (secondary N) is 2. The summed E-state index contributed by atoms with van der Waals surface area (Å²) in [7, 11) is 0. The van der Waals surface area contributed by atoms with Crippen molar-refractivity contribution in [2.24, 2.45) is 5.92 Å². The maximum absolute atomic E-state index is 12.5. The van der Waals surface area contributed by atoms with Crippen molar-refractivity contribution in [3.8, 4) is 0 Å². The van der Waals surface area contributed by atoms with Gasteiger partial charge in [-0.1, -0.05) is 18.6 Å². The molecule has 4 nitrogen and oxygen atoms in total. The number of rotatable bonds is 4. The number of aromatic amines is 1. The highest BCUT2D eigenvalue weighted by atomic mass is 16.1. The Morgan fingerprint density at radius 1 is 1.07 bits per heavy atom. The van der Waals surface area contributed by atoms with E-state index in [0.717, 1.165) is 46.7 Å². The maximum atomic E-state index is 12.5. The Kier molecular flexibility index (Phi) is 5.12. The van der Waals surface area contributed by atoms with E-state index in [2.05, 4.69) is 65.4 Å². The van der Waals surface area contributed by atoms with E-state index in [-0.39, 0.29) is 5.56 Å². The Morgan fingerprint density at radius 2 is 1.79 bits per heavy atom. The number of hydrogen-bond acceptors (Lipinski definition) is 3. The van der Waals surface area contributed by atoms with Gasteiger partial charge in [0.15, 0.2) is 0 Å². The Balaban J connectivity index is 1.47. The molecule has 0 aliphatic carbocycles. The standard InChI is InChI=1S/C24H29N3O/c1-16-8-10-27(11-9-16)22-6-4-21(5-7-22)25-15-20-14-19-13-17(2)12-18(3)23(19)26-24(20)28/h4-7,12-14,16,25H,8-11,15H2,1-3H3,(H,26,28). The fourth-order valence-electron chi connectivity index (χ4n) is 4.12. The first kappa shape index (κ1) is 18.6. The molecule has 0 bridgehead atoms. The van der Waals surface area contributed by atoms with Crippen LogP contribution in [-0.2, 0) is 6.54 Å². The number of piperidine rings is 1. The number of fused-ring (bicyclic) bond motifs is 1. The van der Waals surface area contributed by atoms with Crippen LogP contribution in [0, 0.1) is 19.8 Å². The zero-order valence-corrected chi connectivity index (χ0v) is 17.0. The van der Waals surface area contributed by atoms with Gasteiger partial charge in [0, 0.05) is 36.6 Å². The topological polar surface area (TPSA) is 48.1 Å². The number of hydrogen-bond donors (Lipinski definition) is 2. The number of aryl methyl sites for hydroxylation is 2. The van der Waals surface area contributed by atoms with Gasteiger partial charge >= 0.3 is 0 Å². The molecular formula is C24H29N3O. The van der Waals surface area contributed by atoms with Gasteiger partial charge in [0.2, 0.25) is 0 Å². The number of benzene rings is 2. The Bertz CT molecular complexity index is 1030. The molecule has 1 aromatic heterocycles.